The Labute approximate surface area is 111 Å². The normalized spacial score (nSPS) is 23.1. The Morgan fingerprint density at radius 3 is 2.63 bits per heavy atom. The SMILES string of the molecule is CC(F)(Cc1c(F)cccc1F)CC1COCCN1. The first kappa shape index (κ1) is 14.3. The maximum absolute atomic E-state index is 14.5. The average molecular weight is 273 g/mol. The molecule has 0 spiro atoms. The number of halogens is 3. The number of rotatable bonds is 4. The molecule has 2 rings (SSSR count). The van der Waals surface area contributed by atoms with E-state index in [1.54, 1.807) is 0 Å². The molecular formula is C14H18F3NO. The molecule has 1 saturated heterocycles. The van der Waals surface area contributed by atoms with Crippen LogP contribution < -0.4 is 5.32 Å². The summed E-state index contributed by atoms with van der Waals surface area (Å²) in [7, 11) is 0. The van der Waals surface area contributed by atoms with Gasteiger partial charge in [0, 0.05) is 24.6 Å². The summed E-state index contributed by atoms with van der Waals surface area (Å²) in [5.74, 6) is -1.39. The summed E-state index contributed by atoms with van der Waals surface area (Å²) in [5.41, 5.74) is -1.87. The fourth-order valence-electron chi connectivity index (χ4n) is 2.41. The molecule has 5 heteroatoms. The van der Waals surface area contributed by atoms with E-state index < -0.39 is 17.3 Å². The van der Waals surface area contributed by atoms with Gasteiger partial charge in [0.25, 0.3) is 0 Å². The molecule has 106 valence electrons. The lowest BCUT2D eigenvalue weighted by molar-refractivity contribution is 0.0479. The maximum atomic E-state index is 14.5. The summed E-state index contributed by atoms with van der Waals surface area (Å²) in [4.78, 5) is 0. The summed E-state index contributed by atoms with van der Waals surface area (Å²) in [6, 6.07) is 3.46. The summed E-state index contributed by atoms with van der Waals surface area (Å²) in [6.07, 6.45) is -0.107. The second-order valence-electron chi connectivity index (χ2n) is 5.22. The maximum Gasteiger partial charge on any atom is 0.129 e. The quantitative estimate of drug-likeness (QED) is 0.910. The van der Waals surface area contributed by atoms with Crippen LogP contribution in [0.25, 0.3) is 0 Å². The fraction of sp³-hybridized carbons (Fsp3) is 0.571. The van der Waals surface area contributed by atoms with Crippen LogP contribution in [0.5, 0.6) is 0 Å². The predicted octanol–water partition coefficient (Wildman–Crippen LogP) is 2.61. The molecule has 1 heterocycles. The van der Waals surface area contributed by atoms with Crippen molar-refractivity contribution in [2.45, 2.75) is 31.5 Å². The molecule has 1 aliphatic rings. The van der Waals surface area contributed by atoms with Crippen molar-refractivity contribution in [2.24, 2.45) is 0 Å². The first-order valence-corrected chi connectivity index (χ1v) is 6.41. The lowest BCUT2D eigenvalue weighted by Gasteiger charge is -2.30. The van der Waals surface area contributed by atoms with E-state index in [0.717, 1.165) is 12.1 Å². The molecule has 1 N–H and O–H groups in total. The van der Waals surface area contributed by atoms with Gasteiger partial charge < -0.3 is 10.1 Å². The molecule has 1 aromatic rings. The van der Waals surface area contributed by atoms with Gasteiger partial charge in [0.1, 0.15) is 17.3 Å². The Hall–Kier alpha value is -1.07. The highest BCUT2D eigenvalue weighted by Crippen LogP contribution is 2.26. The molecule has 0 saturated carbocycles. The fourth-order valence-corrected chi connectivity index (χ4v) is 2.41. The summed E-state index contributed by atoms with van der Waals surface area (Å²) < 4.78 is 46.8. The van der Waals surface area contributed by atoms with Crippen LogP contribution >= 0.6 is 0 Å². The van der Waals surface area contributed by atoms with Crippen molar-refractivity contribution in [1.82, 2.24) is 5.32 Å². The van der Waals surface area contributed by atoms with Crippen LogP contribution in [-0.4, -0.2) is 31.5 Å². The largest absolute Gasteiger partial charge is 0.379 e. The number of morpholine rings is 1. The minimum atomic E-state index is -1.68. The van der Waals surface area contributed by atoms with Crippen LogP contribution in [-0.2, 0) is 11.2 Å². The number of hydrogen-bond acceptors (Lipinski definition) is 2. The van der Waals surface area contributed by atoms with Crippen molar-refractivity contribution in [1.29, 1.82) is 0 Å². The molecule has 2 atom stereocenters. The molecule has 0 bridgehead atoms. The number of nitrogens with one attached hydrogen (secondary N) is 1. The van der Waals surface area contributed by atoms with Crippen LogP contribution in [0.1, 0.15) is 18.9 Å². The molecule has 19 heavy (non-hydrogen) atoms. The molecule has 0 aromatic heterocycles. The van der Waals surface area contributed by atoms with Crippen molar-refractivity contribution in [2.75, 3.05) is 19.8 Å². The monoisotopic (exact) mass is 273 g/mol. The van der Waals surface area contributed by atoms with Crippen LogP contribution in [0.4, 0.5) is 13.2 Å². The zero-order valence-corrected chi connectivity index (χ0v) is 10.9. The second-order valence-corrected chi connectivity index (χ2v) is 5.22. The van der Waals surface area contributed by atoms with Gasteiger partial charge in [-0.25, -0.2) is 13.2 Å². The Morgan fingerprint density at radius 1 is 1.37 bits per heavy atom. The van der Waals surface area contributed by atoms with E-state index in [2.05, 4.69) is 5.32 Å². The number of alkyl halides is 1. The van der Waals surface area contributed by atoms with Gasteiger partial charge >= 0.3 is 0 Å². The van der Waals surface area contributed by atoms with E-state index >= 15 is 0 Å². The van der Waals surface area contributed by atoms with E-state index in [1.807, 2.05) is 0 Å². The Morgan fingerprint density at radius 2 is 2.05 bits per heavy atom. The van der Waals surface area contributed by atoms with E-state index in [0.29, 0.717) is 19.8 Å². The first-order valence-electron chi connectivity index (χ1n) is 6.41. The lowest BCUT2D eigenvalue weighted by atomic mass is 9.91. The van der Waals surface area contributed by atoms with Crippen LogP contribution in [0, 0.1) is 11.6 Å². The van der Waals surface area contributed by atoms with Gasteiger partial charge in [-0.15, -0.1) is 0 Å². The van der Waals surface area contributed by atoms with E-state index in [4.69, 9.17) is 4.74 Å². The zero-order chi connectivity index (χ0) is 13.9. The van der Waals surface area contributed by atoms with Crippen molar-refractivity contribution in [3.8, 4) is 0 Å². The van der Waals surface area contributed by atoms with E-state index in [-0.39, 0.29) is 24.4 Å². The minimum absolute atomic E-state index is 0.112. The average Bonchev–Trinajstić information content (AvgIpc) is 2.35. The second kappa shape index (κ2) is 5.92. The van der Waals surface area contributed by atoms with Crippen LogP contribution in [0.2, 0.25) is 0 Å². The minimum Gasteiger partial charge on any atom is -0.379 e. The van der Waals surface area contributed by atoms with Crippen LogP contribution in [0.3, 0.4) is 0 Å². The number of benzene rings is 1. The van der Waals surface area contributed by atoms with E-state index in [9.17, 15) is 13.2 Å². The summed E-state index contributed by atoms with van der Waals surface area (Å²) in [6.45, 7) is 3.09. The van der Waals surface area contributed by atoms with Gasteiger partial charge in [-0.2, -0.15) is 0 Å². The number of ether oxygens (including phenoxy) is 1. The standard InChI is InChI=1S/C14H18F3NO/c1-14(17,7-10-9-19-6-5-18-10)8-11-12(15)3-2-4-13(11)16/h2-4,10,18H,5-9H2,1H3. The molecule has 0 aliphatic carbocycles. The van der Waals surface area contributed by atoms with Crippen molar-refractivity contribution >= 4 is 0 Å². The molecule has 1 fully saturated rings. The van der Waals surface area contributed by atoms with Gasteiger partial charge in [-0.05, 0) is 25.5 Å². The summed E-state index contributed by atoms with van der Waals surface area (Å²) >= 11 is 0. The Kier molecular flexibility index (Phi) is 4.47. The van der Waals surface area contributed by atoms with Gasteiger partial charge in [0.2, 0.25) is 0 Å². The predicted molar refractivity (Wildman–Crippen MR) is 66.8 cm³/mol. The third-order valence-electron chi connectivity index (χ3n) is 3.28. The molecule has 1 aromatic carbocycles. The topological polar surface area (TPSA) is 21.3 Å². The molecule has 0 amide bonds. The van der Waals surface area contributed by atoms with Crippen molar-refractivity contribution < 1.29 is 17.9 Å². The highest BCUT2D eigenvalue weighted by Gasteiger charge is 2.31. The zero-order valence-electron chi connectivity index (χ0n) is 10.9. The van der Waals surface area contributed by atoms with Gasteiger partial charge in [0.15, 0.2) is 0 Å². The van der Waals surface area contributed by atoms with Crippen LogP contribution in [0.15, 0.2) is 18.2 Å². The third kappa shape index (κ3) is 3.94. The Balaban J connectivity index is 2.03. The van der Waals surface area contributed by atoms with Gasteiger partial charge in [0.05, 0.1) is 13.2 Å². The lowest BCUT2D eigenvalue weighted by Crippen LogP contribution is -2.45. The first-order chi connectivity index (χ1) is 8.98. The molecule has 2 nitrogen and oxygen atoms in total. The van der Waals surface area contributed by atoms with E-state index in [1.165, 1.54) is 13.0 Å². The van der Waals surface area contributed by atoms with Gasteiger partial charge in [-0.1, -0.05) is 6.07 Å². The Bertz CT molecular complexity index is 410. The molecule has 0 radical (unpaired) electrons. The smallest absolute Gasteiger partial charge is 0.129 e. The molecule has 2 unspecified atom stereocenters. The third-order valence-corrected chi connectivity index (χ3v) is 3.28. The van der Waals surface area contributed by atoms with Gasteiger partial charge in [-0.3, -0.25) is 0 Å². The highest BCUT2D eigenvalue weighted by molar-refractivity contribution is 5.21. The molecule has 1 aliphatic heterocycles. The highest BCUT2D eigenvalue weighted by atomic mass is 19.1. The van der Waals surface area contributed by atoms with Crippen molar-refractivity contribution in [3.63, 3.8) is 0 Å². The van der Waals surface area contributed by atoms with Crippen molar-refractivity contribution in [3.05, 3.63) is 35.4 Å². The summed E-state index contributed by atoms with van der Waals surface area (Å²) in [5, 5.41) is 3.14. The number of hydrogen-bond donors (Lipinski definition) is 1. The molecular weight excluding hydrogens is 255 g/mol.